The van der Waals surface area contributed by atoms with E-state index in [-0.39, 0.29) is 5.56 Å². The summed E-state index contributed by atoms with van der Waals surface area (Å²) in [7, 11) is 0. The van der Waals surface area contributed by atoms with Crippen molar-refractivity contribution in [3.63, 3.8) is 0 Å². The topological polar surface area (TPSA) is 72.2 Å². The highest BCUT2D eigenvalue weighted by Gasteiger charge is 2.30. The Morgan fingerprint density at radius 1 is 1.00 bits per heavy atom. The number of nitrogens with one attached hydrogen (secondary N) is 1. The van der Waals surface area contributed by atoms with Gasteiger partial charge < -0.3 is 5.32 Å². The van der Waals surface area contributed by atoms with E-state index in [1.165, 1.54) is 18.5 Å². The fourth-order valence-corrected chi connectivity index (χ4v) is 2.65. The van der Waals surface area contributed by atoms with Crippen molar-refractivity contribution < 1.29 is 18.0 Å². The van der Waals surface area contributed by atoms with Crippen LogP contribution in [0.2, 0.25) is 0 Å². The van der Waals surface area contributed by atoms with Gasteiger partial charge in [0.2, 0.25) is 0 Å². The third kappa shape index (κ3) is 3.54. The van der Waals surface area contributed by atoms with Gasteiger partial charge in [0.1, 0.15) is 6.33 Å². The Balaban J connectivity index is 1.52. The van der Waals surface area contributed by atoms with E-state index in [2.05, 4.69) is 20.6 Å². The number of aromatic nitrogens is 4. The van der Waals surface area contributed by atoms with Crippen LogP contribution in [0.15, 0.2) is 67.0 Å². The van der Waals surface area contributed by atoms with Gasteiger partial charge in [-0.05, 0) is 42.5 Å². The van der Waals surface area contributed by atoms with E-state index in [4.69, 9.17) is 0 Å². The summed E-state index contributed by atoms with van der Waals surface area (Å²) >= 11 is 0. The molecule has 6 nitrogen and oxygen atoms in total. The summed E-state index contributed by atoms with van der Waals surface area (Å²) in [6, 6.07) is 14.6. The molecule has 0 unspecified atom stereocenters. The molecule has 1 N–H and O–H groups in total. The predicted octanol–water partition coefficient (Wildman–Crippen LogP) is 4.06. The minimum absolute atomic E-state index is 0.0707. The van der Waals surface area contributed by atoms with E-state index < -0.39 is 17.6 Å². The molecule has 0 aliphatic rings. The van der Waals surface area contributed by atoms with E-state index in [9.17, 15) is 18.0 Å². The molecule has 2 aromatic heterocycles. The molecule has 4 aromatic rings. The smallest absolute Gasteiger partial charge is 0.322 e. The lowest BCUT2D eigenvalue weighted by Crippen LogP contribution is -2.13. The minimum Gasteiger partial charge on any atom is -0.322 e. The summed E-state index contributed by atoms with van der Waals surface area (Å²) in [6.07, 6.45) is -3.01. The number of rotatable bonds is 3. The summed E-state index contributed by atoms with van der Waals surface area (Å²) in [4.78, 5) is 12.3. The first-order valence-corrected chi connectivity index (χ1v) is 8.16. The zero-order valence-corrected chi connectivity index (χ0v) is 14.2. The van der Waals surface area contributed by atoms with Gasteiger partial charge in [-0.2, -0.15) is 22.8 Å². The van der Waals surface area contributed by atoms with Crippen LogP contribution in [0, 0.1) is 0 Å². The van der Waals surface area contributed by atoms with Crippen LogP contribution in [0.4, 0.5) is 18.9 Å². The number of anilines is 1. The second kappa shape index (κ2) is 6.76. The highest BCUT2D eigenvalue weighted by Crippen LogP contribution is 2.29. The van der Waals surface area contributed by atoms with E-state index in [0.717, 1.165) is 17.7 Å². The predicted molar refractivity (Wildman–Crippen MR) is 95.6 cm³/mol. The first-order valence-electron chi connectivity index (χ1n) is 8.16. The molecule has 0 spiro atoms. The zero-order chi connectivity index (χ0) is 19.7. The lowest BCUT2D eigenvalue weighted by Gasteiger charge is -2.10. The quantitative estimate of drug-likeness (QED) is 0.579. The number of benzene rings is 2. The number of amides is 1. The third-order valence-corrected chi connectivity index (χ3v) is 4.05. The molecular formula is C19H12F3N5O. The molecule has 4 rings (SSSR count). The Morgan fingerprint density at radius 3 is 2.54 bits per heavy atom. The molecular weight excluding hydrogens is 371 g/mol. The van der Waals surface area contributed by atoms with E-state index in [1.54, 1.807) is 40.9 Å². The molecule has 1 amide bonds. The van der Waals surface area contributed by atoms with Crippen LogP contribution in [0.25, 0.3) is 16.9 Å². The van der Waals surface area contributed by atoms with Gasteiger partial charge in [-0.15, -0.1) is 10.2 Å². The lowest BCUT2D eigenvalue weighted by molar-refractivity contribution is -0.137. The molecule has 0 radical (unpaired) electrons. The monoisotopic (exact) mass is 383 g/mol. The van der Waals surface area contributed by atoms with Gasteiger partial charge >= 0.3 is 6.18 Å². The Bertz CT molecular complexity index is 1150. The molecule has 0 aliphatic carbocycles. The van der Waals surface area contributed by atoms with Crippen LogP contribution >= 0.6 is 0 Å². The number of fused-ring (bicyclic) bond motifs is 1. The van der Waals surface area contributed by atoms with Gasteiger partial charge in [0, 0.05) is 16.8 Å². The Kier molecular flexibility index (Phi) is 4.26. The van der Waals surface area contributed by atoms with Crippen LogP contribution in [0.3, 0.4) is 0 Å². The number of hydrogen-bond donors (Lipinski definition) is 1. The first-order chi connectivity index (χ1) is 13.4. The van der Waals surface area contributed by atoms with Crippen molar-refractivity contribution in [2.75, 3.05) is 5.32 Å². The van der Waals surface area contributed by atoms with Crippen LogP contribution < -0.4 is 5.32 Å². The van der Waals surface area contributed by atoms with Gasteiger partial charge in [0.05, 0.1) is 11.3 Å². The van der Waals surface area contributed by atoms with Crippen LogP contribution in [-0.4, -0.2) is 25.7 Å². The molecule has 0 bridgehead atoms. The molecule has 0 saturated heterocycles. The average Bonchev–Trinajstić information content (AvgIpc) is 3.16. The second-order valence-electron chi connectivity index (χ2n) is 5.96. The Morgan fingerprint density at radius 2 is 1.79 bits per heavy atom. The fourth-order valence-electron chi connectivity index (χ4n) is 2.65. The van der Waals surface area contributed by atoms with Gasteiger partial charge in [-0.25, -0.2) is 0 Å². The SMILES string of the molecule is O=C(Nc1ccc(-c2ccc3nncn3n2)cc1)c1cccc(C(F)(F)F)c1. The summed E-state index contributed by atoms with van der Waals surface area (Å²) in [5.74, 6) is -0.622. The Hall–Kier alpha value is -3.75. The summed E-state index contributed by atoms with van der Waals surface area (Å²) < 4.78 is 39.9. The molecule has 140 valence electrons. The standard InChI is InChI=1S/C19H12F3N5O/c20-19(21,22)14-3-1-2-13(10-14)18(28)24-15-6-4-12(5-7-15)16-8-9-17-25-23-11-27(17)26-16/h1-11H,(H,24,28). The van der Waals surface area contributed by atoms with Gasteiger partial charge in [0.15, 0.2) is 5.65 Å². The van der Waals surface area contributed by atoms with E-state index >= 15 is 0 Å². The van der Waals surface area contributed by atoms with Crippen molar-refractivity contribution in [2.45, 2.75) is 6.18 Å². The number of halogens is 3. The largest absolute Gasteiger partial charge is 0.416 e. The van der Waals surface area contributed by atoms with Crippen LogP contribution in [0.1, 0.15) is 15.9 Å². The highest BCUT2D eigenvalue weighted by atomic mass is 19.4. The number of alkyl halides is 3. The van der Waals surface area contributed by atoms with Crippen LogP contribution in [-0.2, 0) is 6.18 Å². The lowest BCUT2D eigenvalue weighted by atomic mass is 10.1. The maximum Gasteiger partial charge on any atom is 0.416 e. The maximum atomic E-state index is 12.8. The third-order valence-electron chi connectivity index (χ3n) is 4.05. The summed E-state index contributed by atoms with van der Waals surface area (Å²) in [5, 5.41) is 14.6. The van der Waals surface area contributed by atoms with Gasteiger partial charge in [0.25, 0.3) is 5.91 Å². The molecule has 9 heteroatoms. The zero-order valence-electron chi connectivity index (χ0n) is 14.2. The van der Waals surface area contributed by atoms with Crippen molar-refractivity contribution >= 4 is 17.2 Å². The minimum atomic E-state index is -4.50. The van der Waals surface area contributed by atoms with E-state index in [0.29, 0.717) is 17.0 Å². The molecule has 28 heavy (non-hydrogen) atoms. The van der Waals surface area contributed by atoms with Crippen molar-refractivity contribution in [1.29, 1.82) is 0 Å². The van der Waals surface area contributed by atoms with Gasteiger partial charge in [-0.3, -0.25) is 4.79 Å². The first kappa shape index (κ1) is 17.7. The van der Waals surface area contributed by atoms with Crippen molar-refractivity contribution in [2.24, 2.45) is 0 Å². The molecule has 2 heterocycles. The fraction of sp³-hybridized carbons (Fsp3) is 0.0526. The average molecular weight is 383 g/mol. The molecule has 0 saturated carbocycles. The number of hydrogen-bond acceptors (Lipinski definition) is 4. The molecule has 0 atom stereocenters. The van der Waals surface area contributed by atoms with E-state index in [1.807, 2.05) is 0 Å². The number of carbonyl (C=O) groups is 1. The van der Waals surface area contributed by atoms with Gasteiger partial charge in [-0.1, -0.05) is 18.2 Å². The van der Waals surface area contributed by atoms with Crippen molar-refractivity contribution in [3.8, 4) is 11.3 Å². The summed E-state index contributed by atoms with van der Waals surface area (Å²) in [5.41, 5.74) is 1.62. The van der Waals surface area contributed by atoms with Crippen LogP contribution in [0.5, 0.6) is 0 Å². The van der Waals surface area contributed by atoms with Crippen molar-refractivity contribution in [3.05, 3.63) is 78.1 Å². The molecule has 2 aromatic carbocycles. The second-order valence-corrected chi connectivity index (χ2v) is 5.96. The number of carbonyl (C=O) groups excluding carboxylic acids is 1. The highest BCUT2D eigenvalue weighted by molar-refractivity contribution is 6.04. The number of nitrogens with zero attached hydrogens (tertiary/aromatic N) is 4. The summed E-state index contributed by atoms with van der Waals surface area (Å²) in [6.45, 7) is 0. The maximum absolute atomic E-state index is 12.8. The molecule has 0 aliphatic heterocycles. The van der Waals surface area contributed by atoms with Crippen molar-refractivity contribution in [1.82, 2.24) is 19.8 Å². The molecule has 0 fully saturated rings. The normalized spacial score (nSPS) is 11.5. The Labute approximate surface area is 156 Å².